The van der Waals surface area contributed by atoms with Gasteiger partial charge >= 0.3 is 0 Å². The van der Waals surface area contributed by atoms with Crippen LogP contribution in [-0.4, -0.2) is 49.0 Å². The van der Waals surface area contributed by atoms with Crippen LogP contribution in [0.2, 0.25) is 5.02 Å². The molecule has 0 aliphatic carbocycles. The van der Waals surface area contributed by atoms with Crippen molar-refractivity contribution in [3.05, 3.63) is 101 Å². The number of nitrogens with zero attached hydrogens (tertiary/aromatic N) is 1. The van der Waals surface area contributed by atoms with Gasteiger partial charge < -0.3 is 14.4 Å². The molecule has 5 nitrogen and oxygen atoms in total. The maximum Gasteiger partial charge on any atom is 0.254 e. The summed E-state index contributed by atoms with van der Waals surface area (Å²) in [4.78, 5) is 27.3. The third-order valence-corrected chi connectivity index (χ3v) is 5.83. The standard InChI is InChI=1S/C28H26ClNO4/c1-20(31)25-17-23(29)12-13-27(25)34-19-24-18-30(14-15-33-24)28(32)26(22-10-6-3-7-11-22)16-21-8-4-2-5-9-21/h2-13,16-17,24H,14-15,18-19H2,1H3. The van der Waals surface area contributed by atoms with Crippen LogP contribution >= 0.6 is 11.6 Å². The number of hydrogen-bond donors (Lipinski definition) is 0. The number of ketones is 1. The molecular weight excluding hydrogens is 450 g/mol. The highest BCUT2D eigenvalue weighted by atomic mass is 35.5. The van der Waals surface area contributed by atoms with Crippen molar-refractivity contribution in [2.75, 3.05) is 26.3 Å². The van der Waals surface area contributed by atoms with E-state index in [1.807, 2.05) is 66.7 Å². The van der Waals surface area contributed by atoms with Crippen LogP contribution in [0.3, 0.4) is 0 Å². The smallest absolute Gasteiger partial charge is 0.254 e. The molecule has 1 fully saturated rings. The molecule has 3 aromatic carbocycles. The summed E-state index contributed by atoms with van der Waals surface area (Å²) in [5.74, 6) is 0.273. The van der Waals surface area contributed by atoms with Gasteiger partial charge in [0.05, 0.1) is 18.7 Å². The molecule has 3 aromatic rings. The maximum atomic E-state index is 13.6. The highest BCUT2D eigenvalue weighted by molar-refractivity contribution is 6.31. The third-order valence-electron chi connectivity index (χ3n) is 5.60. The van der Waals surface area contributed by atoms with Gasteiger partial charge in [-0.2, -0.15) is 0 Å². The van der Waals surface area contributed by atoms with E-state index in [1.165, 1.54) is 6.92 Å². The Bertz CT molecular complexity index is 1180. The Hall–Kier alpha value is -3.41. The highest BCUT2D eigenvalue weighted by Crippen LogP contribution is 2.25. The molecule has 1 aliphatic rings. The van der Waals surface area contributed by atoms with Crippen molar-refractivity contribution >= 4 is 34.9 Å². The van der Waals surface area contributed by atoms with Crippen molar-refractivity contribution in [3.63, 3.8) is 0 Å². The van der Waals surface area contributed by atoms with Crippen LogP contribution in [0.25, 0.3) is 11.6 Å². The minimum atomic E-state index is -0.318. The Balaban J connectivity index is 1.50. The van der Waals surface area contributed by atoms with Crippen LogP contribution in [0, 0.1) is 0 Å². The average molecular weight is 476 g/mol. The fraction of sp³-hybridized carbons (Fsp3) is 0.214. The molecular formula is C28H26ClNO4. The van der Waals surface area contributed by atoms with E-state index in [-0.39, 0.29) is 24.4 Å². The van der Waals surface area contributed by atoms with Crippen molar-refractivity contribution in [3.8, 4) is 5.75 Å². The molecule has 1 saturated heterocycles. The first-order chi connectivity index (χ1) is 16.5. The zero-order valence-corrected chi connectivity index (χ0v) is 19.7. The predicted molar refractivity (Wildman–Crippen MR) is 134 cm³/mol. The summed E-state index contributed by atoms with van der Waals surface area (Å²) in [5.41, 5.74) is 2.88. The number of morpholine rings is 1. The molecule has 1 atom stereocenters. The number of amides is 1. The lowest BCUT2D eigenvalue weighted by atomic mass is 10.0. The Morgan fingerprint density at radius 1 is 1.06 bits per heavy atom. The van der Waals surface area contributed by atoms with Crippen molar-refractivity contribution < 1.29 is 19.1 Å². The Morgan fingerprint density at radius 2 is 1.76 bits per heavy atom. The van der Waals surface area contributed by atoms with Gasteiger partial charge in [0.15, 0.2) is 5.78 Å². The normalized spacial score (nSPS) is 16.2. The average Bonchev–Trinajstić information content (AvgIpc) is 2.87. The SMILES string of the molecule is CC(=O)c1cc(Cl)ccc1OCC1CN(C(=O)C(=Cc2ccccc2)c2ccccc2)CCO1. The zero-order chi connectivity index (χ0) is 23.9. The lowest BCUT2D eigenvalue weighted by Crippen LogP contribution is -2.47. The number of carbonyl (C=O) groups is 2. The van der Waals surface area contributed by atoms with E-state index in [0.717, 1.165) is 11.1 Å². The van der Waals surface area contributed by atoms with Crippen LogP contribution in [0.15, 0.2) is 78.9 Å². The van der Waals surface area contributed by atoms with E-state index >= 15 is 0 Å². The van der Waals surface area contributed by atoms with Gasteiger partial charge in [-0.25, -0.2) is 0 Å². The fourth-order valence-corrected chi connectivity index (χ4v) is 4.04. The van der Waals surface area contributed by atoms with Crippen molar-refractivity contribution in [2.45, 2.75) is 13.0 Å². The van der Waals surface area contributed by atoms with Crippen LogP contribution in [-0.2, 0) is 9.53 Å². The molecule has 6 heteroatoms. The van der Waals surface area contributed by atoms with Gasteiger partial charge in [0.2, 0.25) is 0 Å². The van der Waals surface area contributed by atoms with Gasteiger partial charge in [-0.3, -0.25) is 9.59 Å². The molecule has 1 aliphatic heterocycles. The number of halogens is 1. The second-order valence-electron chi connectivity index (χ2n) is 8.09. The number of hydrogen-bond acceptors (Lipinski definition) is 4. The van der Waals surface area contributed by atoms with E-state index in [4.69, 9.17) is 21.1 Å². The summed E-state index contributed by atoms with van der Waals surface area (Å²) in [6, 6.07) is 24.4. The lowest BCUT2D eigenvalue weighted by Gasteiger charge is -2.33. The van der Waals surface area contributed by atoms with E-state index < -0.39 is 0 Å². The summed E-state index contributed by atoms with van der Waals surface area (Å²) in [5, 5.41) is 0.474. The molecule has 0 bridgehead atoms. The van der Waals surface area contributed by atoms with Crippen LogP contribution in [0.4, 0.5) is 0 Å². The van der Waals surface area contributed by atoms with E-state index in [1.54, 1.807) is 23.1 Å². The molecule has 0 aromatic heterocycles. The highest BCUT2D eigenvalue weighted by Gasteiger charge is 2.27. The minimum Gasteiger partial charge on any atom is -0.490 e. The minimum absolute atomic E-state index is 0.0562. The molecule has 0 saturated carbocycles. The number of rotatable bonds is 7. The quantitative estimate of drug-likeness (QED) is 0.261. The van der Waals surface area contributed by atoms with Gasteiger partial charge in [-0.05, 0) is 42.3 Å². The molecule has 0 radical (unpaired) electrons. The molecule has 174 valence electrons. The van der Waals surface area contributed by atoms with E-state index in [9.17, 15) is 9.59 Å². The molecule has 1 amide bonds. The first kappa shape index (κ1) is 23.7. The Labute approximate surface area is 204 Å². The summed E-state index contributed by atoms with van der Waals surface area (Å²) in [6.45, 7) is 2.98. The number of carbonyl (C=O) groups excluding carboxylic acids is 2. The maximum absolute atomic E-state index is 13.6. The third kappa shape index (κ3) is 5.93. The molecule has 4 rings (SSSR count). The number of Topliss-reactive ketones (excluding diaryl/α,β-unsaturated/α-hetero) is 1. The summed E-state index contributed by atoms with van der Waals surface area (Å²) >= 11 is 6.02. The lowest BCUT2D eigenvalue weighted by molar-refractivity contribution is -0.133. The first-order valence-corrected chi connectivity index (χ1v) is 11.6. The Morgan fingerprint density at radius 3 is 2.47 bits per heavy atom. The van der Waals surface area contributed by atoms with Gasteiger partial charge in [-0.15, -0.1) is 0 Å². The molecule has 1 heterocycles. The fourth-order valence-electron chi connectivity index (χ4n) is 3.86. The topological polar surface area (TPSA) is 55.8 Å². The molecule has 34 heavy (non-hydrogen) atoms. The predicted octanol–water partition coefficient (Wildman–Crippen LogP) is 5.39. The molecule has 0 spiro atoms. The first-order valence-electron chi connectivity index (χ1n) is 11.2. The zero-order valence-electron chi connectivity index (χ0n) is 18.9. The van der Waals surface area contributed by atoms with Crippen molar-refractivity contribution in [2.24, 2.45) is 0 Å². The van der Waals surface area contributed by atoms with E-state index in [0.29, 0.717) is 41.6 Å². The van der Waals surface area contributed by atoms with Gasteiger partial charge in [0, 0.05) is 17.1 Å². The Kier molecular flexibility index (Phi) is 7.78. The summed E-state index contributed by atoms with van der Waals surface area (Å²) in [7, 11) is 0. The van der Waals surface area contributed by atoms with Crippen molar-refractivity contribution in [1.29, 1.82) is 0 Å². The van der Waals surface area contributed by atoms with Crippen LogP contribution < -0.4 is 4.74 Å². The second-order valence-corrected chi connectivity index (χ2v) is 8.52. The molecule has 1 unspecified atom stereocenters. The summed E-state index contributed by atoms with van der Waals surface area (Å²) in [6.07, 6.45) is 1.60. The second kappa shape index (κ2) is 11.1. The number of ether oxygens (including phenoxy) is 2. The number of benzene rings is 3. The largest absolute Gasteiger partial charge is 0.490 e. The van der Waals surface area contributed by atoms with Crippen molar-refractivity contribution in [1.82, 2.24) is 4.90 Å². The molecule has 0 N–H and O–H groups in total. The van der Waals surface area contributed by atoms with Gasteiger partial charge in [0.1, 0.15) is 18.5 Å². The van der Waals surface area contributed by atoms with Gasteiger partial charge in [-0.1, -0.05) is 72.3 Å². The summed E-state index contributed by atoms with van der Waals surface area (Å²) < 4.78 is 11.8. The van der Waals surface area contributed by atoms with Crippen LogP contribution in [0.1, 0.15) is 28.4 Å². The van der Waals surface area contributed by atoms with Gasteiger partial charge in [0.25, 0.3) is 5.91 Å². The van der Waals surface area contributed by atoms with Crippen LogP contribution in [0.5, 0.6) is 5.75 Å². The monoisotopic (exact) mass is 475 g/mol. The van der Waals surface area contributed by atoms with E-state index in [2.05, 4.69) is 0 Å².